The van der Waals surface area contributed by atoms with Crippen LogP contribution in [0.1, 0.15) is 20.3 Å². The predicted molar refractivity (Wildman–Crippen MR) is 90.2 cm³/mol. The Bertz CT molecular complexity index is 811. The maximum atomic E-state index is 11.9. The van der Waals surface area contributed by atoms with Gasteiger partial charge >= 0.3 is 0 Å². The molecule has 23 heavy (non-hydrogen) atoms. The Balaban J connectivity index is 1.74. The van der Waals surface area contributed by atoms with E-state index >= 15 is 0 Å². The zero-order valence-electron chi connectivity index (χ0n) is 13.0. The summed E-state index contributed by atoms with van der Waals surface area (Å²) in [5.74, 6) is 0.426. The number of carbonyl (C=O) groups is 1. The molecule has 2 aromatic heterocycles. The molecule has 3 rings (SSSR count). The number of aromatic nitrogens is 3. The summed E-state index contributed by atoms with van der Waals surface area (Å²) in [6.45, 7) is 4.52. The molecule has 0 bridgehead atoms. The van der Waals surface area contributed by atoms with E-state index in [0.29, 0.717) is 17.7 Å². The van der Waals surface area contributed by atoms with Crippen molar-refractivity contribution in [2.75, 3.05) is 6.54 Å². The van der Waals surface area contributed by atoms with Gasteiger partial charge in [0.25, 0.3) is 11.1 Å². The number of thioether (sulfide) groups is 1. The molecule has 1 amide bonds. The van der Waals surface area contributed by atoms with Gasteiger partial charge in [-0.3, -0.25) is 4.79 Å². The van der Waals surface area contributed by atoms with Gasteiger partial charge in [-0.05, 0) is 19.4 Å². The third kappa shape index (κ3) is 3.39. The van der Waals surface area contributed by atoms with Crippen molar-refractivity contribution in [3.8, 4) is 11.5 Å². The number of para-hydroxylation sites is 1. The molecule has 0 radical (unpaired) electrons. The number of amides is 1. The molecule has 1 atom stereocenters. The van der Waals surface area contributed by atoms with E-state index in [4.69, 9.17) is 4.42 Å². The molecule has 2 heterocycles. The van der Waals surface area contributed by atoms with Crippen molar-refractivity contribution in [3.05, 3.63) is 30.5 Å². The maximum absolute atomic E-state index is 11.9. The minimum absolute atomic E-state index is 0.0244. The van der Waals surface area contributed by atoms with Gasteiger partial charge in [-0.15, -0.1) is 10.2 Å². The van der Waals surface area contributed by atoms with Crippen molar-refractivity contribution < 1.29 is 9.21 Å². The molecule has 1 aromatic carbocycles. The smallest absolute Gasteiger partial charge is 0.277 e. The number of carbonyl (C=O) groups excluding carboxylic acids is 1. The molecule has 0 fully saturated rings. The summed E-state index contributed by atoms with van der Waals surface area (Å²) < 4.78 is 5.70. The van der Waals surface area contributed by atoms with E-state index in [-0.39, 0.29) is 11.2 Å². The summed E-state index contributed by atoms with van der Waals surface area (Å²) in [6.07, 6.45) is 2.76. The number of rotatable bonds is 6. The molecule has 0 saturated carbocycles. The van der Waals surface area contributed by atoms with E-state index in [9.17, 15) is 4.79 Å². The fraction of sp³-hybridized carbons (Fsp3) is 0.312. The molecule has 0 unspecified atom stereocenters. The molecular formula is C16H18N4O2S. The summed E-state index contributed by atoms with van der Waals surface area (Å²) in [7, 11) is 0. The highest BCUT2D eigenvalue weighted by atomic mass is 32.2. The Hall–Kier alpha value is -2.28. The van der Waals surface area contributed by atoms with E-state index in [0.717, 1.165) is 22.9 Å². The van der Waals surface area contributed by atoms with Crippen LogP contribution in [0.5, 0.6) is 0 Å². The molecule has 0 aliphatic heterocycles. The first-order valence-electron chi connectivity index (χ1n) is 7.53. The minimum atomic E-state index is -0.280. The lowest BCUT2D eigenvalue weighted by Crippen LogP contribution is -2.31. The Morgan fingerprint density at radius 3 is 3.04 bits per heavy atom. The van der Waals surface area contributed by atoms with Crippen LogP contribution < -0.4 is 5.32 Å². The lowest BCUT2D eigenvalue weighted by atomic mass is 10.2. The summed E-state index contributed by atoms with van der Waals surface area (Å²) in [4.78, 5) is 15.1. The van der Waals surface area contributed by atoms with E-state index in [1.54, 1.807) is 0 Å². The van der Waals surface area contributed by atoms with E-state index in [2.05, 4.69) is 20.5 Å². The number of benzene rings is 1. The maximum Gasteiger partial charge on any atom is 0.277 e. The molecule has 0 aliphatic rings. The van der Waals surface area contributed by atoms with Gasteiger partial charge in [0, 0.05) is 23.6 Å². The number of nitrogens with zero attached hydrogens (tertiary/aromatic N) is 2. The lowest BCUT2D eigenvalue weighted by Gasteiger charge is -2.08. The van der Waals surface area contributed by atoms with Crippen LogP contribution in [0.2, 0.25) is 0 Å². The standard InChI is InChI=1S/C16H18N4O2S/c1-3-8-17-14(21)10(2)23-16-20-19-15(22-16)12-9-18-13-7-5-4-6-11(12)13/h4-7,9-10,18H,3,8H2,1-2H3,(H,17,21)/t10-/m0/s1. The van der Waals surface area contributed by atoms with Crippen molar-refractivity contribution in [1.29, 1.82) is 0 Å². The predicted octanol–water partition coefficient (Wildman–Crippen LogP) is 3.22. The van der Waals surface area contributed by atoms with Crippen molar-refractivity contribution in [2.24, 2.45) is 0 Å². The molecule has 2 N–H and O–H groups in total. The number of hydrogen-bond acceptors (Lipinski definition) is 5. The molecular weight excluding hydrogens is 312 g/mol. The first kappa shape index (κ1) is 15.6. The zero-order valence-corrected chi connectivity index (χ0v) is 13.8. The Labute approximate surface area is 138 Å². The third-order valence-corrected chi connectivity index (χ3v) is 4.36. The molecule has 6 nitrogen and oxygen atoms in total. The van der Waals surface area contributed by atoms with Crippen LogP contribution in [0.4, 0.5) is 0 Å². The number of fused-ring (bicyclic) bond motifs is 1. The van der Waals surface area contributed by atoms with Crippen molar-refractivity contribution >= 4 is 28.6 Å². The highest BCUT2D eigenvalue weighted by Crippen LogP contribution is 2.30. The molecule has 120 valence electrons. The van der Waals surface area contributed by atoms with Crippen LogP contribution in [0, 0.1) is 0 Å². The summed E-state index contributed by atoms with van der Waals surface area (Å²) in [5.41, 5.74) is 1.88. The van der Waals surface area contributed by atoms with E-state index in [1.165, 1.54) is 11.8 Å². The normalized spacial score (nSPS) is 12.4. The molecule has 0 spiro atoms. The van der Waals surface area contributed by atoms with Gasteiger partial charge in [0.1, 0.15) is 0 Å². The van der Waals surface area contributed by atoms with Crippen LogP contribution in [0.15, 0.2) is 40.1 Å². The average Bonchev–Trinajstić information content (AvgIpc) is 3.18. The fourth-order valence-corrected chi connectivity index (χ4v) is 2.92. The first-order valence-corrected chi connectivity index (χ1v) is 8.41. The van der Waals surface area contributed by atoms with Gasteiger partial charge in [-0.1, -0.05) is 36.9 Å². The highest BCUT2D eigenvalue weighted by molar-refractivity contribution is 8.00. The van der Waals surface area contributed by atoms with E-state index < -0.39 is 0 Å². The lowest BCUT2D eigenvalue weighted by molar-refractivity contribution is -0.120. The van der Waals surface area contributed by atoms with Crippen LogP contribution in [-0.2, 0) is 4.79 Å². The minimum Gasteiger partial charge on any atom is -0.411 e. The molecule has 3 aromatic rings. The Morgan fingerprint density at radius 1 is 1.39 bits per heavy atom. The number of aromatic amines is 1. The average molecular weight is 330 g/mol. The second-order valence-corrected chi connectivity index (χ2v) is 6.46. The van der Waals surface area contributed by atoms with Crippen LogP contribution in [0.3, 0.4) is 0 Å². The van der Waals surface area contributed by atoms with Gasteiger partial charge in [0.15, 0.2) is 0 Å². The van der Waals surface area contributed by atoms with Gasteiger partial charge in [-0.2, -0.15) is 0 Å². The van der Waals surface area contributed by atoms with Crippen LogP contribution in [-0.4, -0.2) is 32.9 Å². The number of nitrogens with one attached hydrogen (secondary N) is 2. The quantitative estimate of drug-likeness (QED) is 0.678. The van der Waals surface area contributed by atoms with Gasteiger partial charge in [0.05, 0.1) is 10.8 Å². The van der Waals surface area contributed by atoms with Crippen LogP contribution in [0.25, 0.3) is 22.4 Å². The van der Waals surface area contributed by atoms with Crippen molar-refractivity contribution in [2.45, 2.75) is 30.7 Å². The third-order valence-electron chi connectivity index (χ3n) is 3.42. The SMILES string of the molecule is CCCNC(=O)[C@H](C)Sc1nnc(-c2c[nH]c3ccccc23)o1. The molecule has 0 saturated heterocycles. The van der Waals surface area contributed by atoms with Gasteiger partial charge in [-0.25, -0.2) is 0 Å². The summed E-state index contributed by atoms with van der Waals surface area (Å²) >= 11 is 1.26. The molecule has 0 aliphatic carbocycles. The number of hydrogen-bond donors (Lipinski definition) is 2. The first-order chi connectivity index (χ1) is 11.2. The topological polar surface area (TPSA) is 83.8 Å². The largest absolute Gasteiger partial charge is 0.411 e. The second kappa shape index (κ2) is 6.87. The summed E-state index contributed by atoms with van der Waals surface area (Å²) in [6, 6.07) is 7.92. The fourth-order valence-electron chi connectivity index (χ4n) is 2.21. The number of H-pyrrole nitrogens is 1. The van der Waals surface area contributed by atoms with Gasteiger partial charge < -0.3 is 14.7 Å². The Kier molecular flexibility index (Phi) is 4.66. The van der Waals surface area contributed by atoms with Crippen LogP contribution >= 0.6 is 11.8 Å². The molecule has 7 heteroatoms. The monoisotopic (exact) mass is 330 g/mol. The Morgan fingerprint density at radius 2 is 2.22 bits per heavy atom. The summed E-state index contributed by atoms with van der Waals surface area (Å²) in [5, 5.41) is 12.1. The zero-order chi connectivity index (χ0) is 16.2. The highest BCUT2D eigenvalue weighted by Gasteiger charge is 2.19. The second-order valence-electron chi connectivity index (χ2n) is 5.17. The van der Waals surface area contributed by atoms with Gasteiger partial charge in [0.2, 0.25) is 5.91 Å². The van der Waals surface area contributed by atoms with Crippen molar-refractivity contribution in [1.82, 2.24) is 20.5 Å². The van der Waals surface area contributed by atoms with Crippen molar-refractivity contribution in [3.63, 3.8) is 0 Å². The van der Waals surface area contributed by atoms with E-state index in [1.807, 2.05) is 44.3 Å².